The van der Waals surface area contributed by atoms with Crippen LogP contribution in [-0.4, -0.2) is 0 Å². The summed E-state index contributed by atoms with van der Waals surface area (Å²) in [5.74, 6) is 0.846. The standard InChI is InChI=1S/C72H56N2/c1-47(2)49-31-35-59(36-32-49)73(69-25-13-21-53-17-9-11-23-63(53)69)61-39-41-65-67(45-61)71(57-29-27-51-15-5-7-19-55(51)43-57)66-42-40-62(46-68(66)72(65)58-30-28-52-16-6-8-20-56(52)44-58)74(60-37-33-50(34-38-60)48(3)4)70-26-14-22-54-18-10-12-24-64(54)70/h5-48H,1-4H3. The molecule has 0 unspecified atom stereocenters. The second-order valence-electron chi connectivity index (χ2n) is 20.5. The molecule has 13 aromatic rings. The van der Waals surface area contributed by atoms with Crippen molar-refractivity contribution in [2.45, 2.75) is 39.5 Å². The van der Waals surface area contributed by atoms with E-state index in [9.17, 15) is 0 Å². The number of hydrogen-bond acceptors (Lipinski definition) is 2. The predicted molar refractivity (Wildman–Crippen MR) is 320 cm³/mol. The third-order valence-corrected chi connectivity index (χ3v) is 15.3. The average molecular weight is 949 g/mol. The first-order chi connectivity index (χ1) is 36.3. The van der Waals surface area contributed by atoms with Gasteiger partial charge in [-0.3, -0.25) is 0 Å². The Hall–Kier alpha value is -8.98. The molecule has 0 fully saturated rings. The van der Waals surface area contributed by atoms with Gasteiger partial charge in [-0.15, -0.1) is 0 Å². The van der Waals surface area contributed by atoms with Gasteiger partial charge in [-0.1, -0.05) is 210 Å². The highest BCUT2D eigenvalue weighted by atomic mass is 15.1. The van der Waals surface area contributed by atoms with Crippen LogP contribution >= 0.6 is 0 Å². The maximum atomic E-state index is 2.47. The highest BCUT2D eigenvalue weighted by molar-refractivity contribution is 6.23. The van der Waals surface area contributed by atoms with E-state index >= 15 is 0 Å². The number of nitrogens with zero attached hydrogens (tertiary/aromatic N) is 2. The van der Waals surface area contributed by atoms with Crippen LogP contribution in [0.4, 0.5) is 34.1 Å². The Balaban J connectivity index is 1.14. The molecule has 0 aliphatic heterocycles. The van der Waals surface area contributed by atoms with E-state index in [0.717, 1.165) is 34.1 Å². The molecule has 13 rings (SSSR count). The lowest BCUT2D eigenvalue weighted by Crippen LogP contribution is -2.11. The van der Waals surface area contributed by atoms with E-state index in [2.05, 4.69) is 292 Å². The molecule has 0 bridgehead atoms. The predicted octanol–water partition coefficient (Wildman–Crippen LogP) is 21.1. The Morgan fingerprint density at radius 1 is 0.243 bits per heavy atom. The first-order valence-corrected chi connectivity index (χ1v) is 26.1. The van der Waals surface area contributed by atoms with Crippen LogP contribution in [0.2, 0.25) is 0 Å². The number of hydrogen-bond donors (Lipinski definition) is 0. The summed E-state index contributed by atoms with van der Waals surface area (Å²) in [4.78, 5) is 4.93. The summed E-state index contributed by atoms with van der Waals surface area (Å²) >= 11 is 0. The Kier molecular flexibility index (Phi) is 11.3. The largest absolute Gasteiger partial charge is 0.310 e. The molecule has 0 aliphatic carbocycles. The van der Waals surface area contributed by atoms with Gasteiger partial charge in [0.25, 0.3) is 0 Å². The van der Waals surface area contributed by atoms with Crippen LogP contribution in [0.5, 0.6) is 0 Å². The fraction of sp³-hybridized carbons (Fsp3) is 0.0833. The van der Waals surface area contributed by atoms with Crippen LogP contribution in [-0.2, 0) is 0 Å². The van der Waals surface area contributed by atoms with Gasteiger partial charge >= 0.3 is 0 Å². The van der Waals surface area contributed by atoms with Crippen LogP contribution in [0.3, 0.4) is 0 Å². The van der Waals surface area contributed by atoms with E-state index in [1.807, 2.05) is 0 Å². The fourth-order valence-electron chi connectivity index (χ4n) is 11.5. The van der Waals surface area contributed by atoms with Crippen molar-refractivity contribution >= 4 is 98.8 Å². The number of benzene rings is 13. The van der Waals surface area contributed by atoms with Gasteiger partial charge in [0.15, 0.2) is 0 Å². The lowest BCUT2D eigenvalue weighted by molar-refractivity contribution is 0.866. The molecule has 13 aromatic carbocycles. The van der Waals surface area contributed by atoms with Crippen LogP contribution in [0.25, 0.3) is 86.9 Å². The first kappa shape index (κ1) is 44.9. The van der Waals surface area contributed by atoms with Crippen molar-refractivity contribution in [3.8, 4) is 22.3 Å². The molecule has 0 aromatic heterocycles. The van der Waals surface area contributed by atoms with Crippen molar-refractivity contribution < 1.29 is 0 Å². The Labute approximate surface area is 434 Å². The smallest absolute Gasteiger partial charge is 0.0540 e. The second kappa shape index (κ2) is 18.6. The SMILES string of the molecule is CC(C)c1ccc(N(c2ccc3c(-c4ccc5ccccc5c4)c4cc(N(c5ccc(C(C)C)cc5)c5cccc6ccccc56)ccc4c(-c4ccc5ccccc5c4)c3c2)c2cccc3ccccc23)cc1. The molecule has 354 valence electrons. The summed E-state index contributed by atoms with van der Waals surface area (Å²) in [6.45, 7) is 9.06. The van der Waals surface area contributed by atoms with Crippen molar-refractivity contribution in [2.75, 3.05) is 9.80 Å². The number of anilines is 6. The zero-order valence-electron chi connectivity index (χ0n) is 42.3. The van der Waals surface area contributed by atoms with E-state index in [-0.39, 0.29) is 0 Å². The Morgan fingerprint density at radius 3 is 1.00 bits per heavy atom. The Morgan fingerprint density at radius 2 is 0.595 bits per heavy atom. The van der Waals surface area contributed by atoms with Crippen LogP contribution in [0.1, 0.15) is 50.7 Å². The third-order valence-electron chi connectivity index (χ3n) is 15.3. The maximum Gasteiger partial charge on any atom is 0.0540 e. The van der Waals surface area contributed by atoms with Gasteiger partial charge in [-0.25, -0.2) is 0 Å². The Bertz CT molecular complexity index is 3970. The zero-order valence-corrected chi connectivity index (χ0v) is 42.3. The lowest BCUT2D eigenvalue weighted by Gasteiger charge is -2.29. The molecule has 2 nitrogen and oxygen atoms in total. The third kappa shape index (κ3) is 7.91. The van der Waals surface area contributed by atoms with E-state index in [0.29, 0.717) is 11.8 Å². The van der Waals surface area contributed by atoms with E-state index < -0.39 is 0 Å². The van der Waals surface area contributed by atoms with E-state index in [1.54, 1.807) is 0 Å². The minimum absolute atomic E-state index is 0.423. The average Bonchev–Trinajstić information content (AvgIpc) is 3.45. The highest BCUT2D eigenvalue weighted by Crippen LogP contribution is 2.50. The molecule has 0 N–H and O–H groups in total. The molecule has 0 radical (unpaired) electrons. The van der Waals surface area contributed by atoms with E-state index in [4.69, 9.17) is 0 Å². The summed E-state index contributed by atoms with van der Waals surface area (Å²) < 4.78 is 0. The van der Waals surface area contributed by atoms with Crippen LogP contribution in [0, 0.1) is 0 Å². The monoisotopic (exact) mass is 948 g/mol. The molecular formula is C72H56N2. The normalized spacial score (nSPS) is 11.8. The van der Waals surface area contributed by atoms with Crippen molar-refractivity contribution in [1.29, 1.82) is 0 Å². The topological polar surface area (TPSA) is 6.48 Å². The molecule has 0 amide bonds. The van der Waals surface area contributed by atoms with Crippen molar-refractivity contribution in [3.05, 3.63) is 266 Å². The molecule has 0 aliphatic rings. The second-order valence-corrected chi connectivity index (χ2v) is 20.5. The fourth-order valence-corrected chi connectivity index (χ4v) is 11.5. The lowest BCUT2D eigenvalue weighted by atomic mass is 9.84. The van der Waals surface area contributed by atoms with Gasteiger partial charge < -0.3 is 9.80 Å². The van der Waals surface area contributed by atoms with Crippen molar-refractivity contribution in [3.63, 3.8) is 0 Å². The van der Waals surface area contributed by atoms with Gasteiger partial charge in [-0.05, 0) is 172 Å². The molecule has 0 saturated heterocycles. The summed E-state index contributed by atoms with van der Waals surface area (Å²) in [7, 11) is 0. The van der Waals surface area contributed by atoms with Gasteiger partial charge in [0.2, 0.25) is 0 Å². The molecule has 2 heteroatoms. The summed E-state index contributed by atoms with van der Waals surface area (Å²) in [6, 6.07) is 95.2. The van der Waals surface area contributed by atoms with E-state index in [1.165, 1.54) is 98.0 Å². The molecule has 0 heterocycles. The minimum Gasteiger partial charge on any atom is -0.310 e. The molecule has 0 saturated carbocycles. The minimum atomic E-state index is 0.423. The molecular weight excluding hydrogens is 893 g/mol. The van der Waals surface area contributed by atoms with Crippen molar-refractivity contribution in [2.24, 2.45) is 0 Å². The quantitative estimate of drug-likeness (QED) is 0.126. The molecule has 0 spiro atoms. The van der Waals surface area contributed by atoms with Gasteiger partial charge in [0, 0.05) is 33.5 Å². The molecule has 74 heavy (non-hydrogen) atoms. The zero-order chi connectivity index (χ0) is 49.9. The highest BCUT2D eigenvalue weighted by Gasteiger charge is 2.24. The van der Waals surface area contributed by atoms with Crippen LogP contribution < -0.4 is 9.80 Å². The van der Waals surface area contributed by atoms with Crippen LogP contribution in [0.15, 0.2) is 255 Å². The summed E-state index contributed by atoms with van der Waals surface area (Å²) in [5, 5.41) is 14.5. The number of fused-ring (bicyclic) bond motifs is 6. The summed E-state index contributed by atoms with van der Waals surface area (Å²) in [5.41, 5.74) is 14.1. The van der Waals surface area contributed by atoms with Gasteiger partial charge in [0.05, 0.1) is 11.4 Å². The summed E-state index contributed by atoms with van der Waals surface area (Å²) in [6.07, 6.45) is 0. The van der Waals surface area contributed by atoms with Gasteiger partial charge in [-0.2, -0.15) is 0 Å². The van der Waals surface area contributed by atoms with Gasteiger partial charge in [0.1, 0.15) is 0 Å². The maximum absolute atomic E-state index is 2.47. The molecule has 0 atom stereocenters. The van der Waals surface area contributed by atoms with Crippen molar-refractivity contribution in [1.82, 2.24) is 0 Å². The first-order valence-electron chi connectivity index (χ1n) is 26.1. The number of rotatable bonds is 10.